The van der Waals surface area contributed by atoms with Gasteiger partial charge in [-0.25, -0.2) is 0 Å². The Morgan fingerprint density at radius 1 is 1.30 bits per heavy atom. The minimum atomic E-state index is 0.311. The Morgan fingerprint density at radius 3 is 2.60 bits per heavy atom. The van der Waals surface area contributed by atoms with E-state index in [1.165, 1.54) is 0 Å². The van der Waals surface area contributed by atoms with E-state index in [0.717, 1.165) is 31.3 Å². The lowest BCUT2D eigenvalue weighted by atomic mass is 9.93. The van der Waals surface area contributed by atoms with E-state index in [0.29, 0.717) is 5.78 Å². The van der Waals surface area contributed by atoms with Crippen molar-refractivity contribution in [3.63, 3.8) is 0 Å². The Bertz CT molecular complexity index is 177. The van der Waals surface area contributed by atoms with Crippen molar-refractivity contribution in [3.8, 4) is 0 Å². The molecule has 0 atom stereocenters. The van der Waals surface area contributed by atoms with E-state index >= 15 is 0 Å². The maximum absolute atomic E-state index is 11.1. The number of carbonyl (C=O) groups is 1. The molecule has 1 rings (SSSR count). The molecule has 0 unspecified atom stereocenters. The van der Waals surface area contributed by atoms with Crippen LogP contribution in [0.5, 0.6) is 0 Å². The van der Waals surface area contributed by atoms with Gasteiger partial charge in [0.15, 0.2) is 5.78 Å². The lowest BCUT2D eigenvalue weighted by molar-refractivity contribution is -0.116. The fourth-order valence-corrected chi connectivity index (χ4v) is 1.22. The van der Waals surface area contributed by atoms with Crippen LogP contribution in [-0.4, -0.2) is 5.78 Å². The molecule has 0 aromatic carbocycles. The second-order valence-corrected chi connectivity index (χ2v) is 2.56. The first-order valence-corrected chi connectivity index (χ1v) is 3.69. The van der Waals surface area contributed by atoms with Crippen molar-refractivity contribution >= 4 is 5.78 Å². The van der Waals surface area contributed by atoms with Gasteiger partial charge in [0.25, 0.3) is 0 Å². The zero-order valence-electron chi connectivity index (χ0n) is 6.10. The summed E-state index contributed by atoms with van der Waals surface area (Å²) in [5.41, 5.74) is 0.959. The van der Waals surface area contributed by atoms with Gasteiger partial charge >= 0.3 is 0 Å². The molecule has 0 amide bonds. The molecule has 0 spiro atoms. The van der Waals surface area contributed by atoms with Crippen LogP contribution in [0, 0.1) is 0 Å². The van der Waals surface area contributed by atoms with Gasteiger partial charge in [0.2, 0.25) is 0 Å². The summed E-state index contributed by atoms with van der Waals surface area (Å²) < 4.78 is 0. The Balaban J connectivity index is 2.64. The molecule has 0 N–H and O–H groups in total. The molecular weight excluding hydrogens is 124 g/mol. The van der Waals surface area contributed by atoms with E-state index in [1.807, 2.05) is 6.08 Å². The zero-order valence-corrected chi connectivity index (χ0v) is 6.10. The molecule has 0 aromatic rings. The second kappa shape index (κ2) is 3.35. The van der Waals surface area contributed by atoms with Gasteiger partial charge in [-0.15, -0.1) is 0 Å². The first-order valence-electron chi connectivity index (χ1n) is 3.69. The van der Waals surface area contributed by atoms with E-state index < -0.39 is 0 Å². The van der Waals surface area contributed by atoms with Crippen LogP contribution in [0.2, 0.25) is 0 Å². The molecular formula is C9H12O. The van der Waals surface area contributed by atoms with Crippen molar-refractivity contribution < 1.29 is 4.79 Å². The SMILES string of the molecule is C=C/C=C1\CCCCC1=O. The summed E-state index contributed by atoms with van der Waals surface area (Å²) in [4.78, 5) is 11.1. The van der Waals surface area contributed by atoms with E-state index in [4.69, 9.17) is 0 Å². The summed E-state index contributed by atoms with van der Waals surface area (Å²) in [5.74, 6) is 0.311. The van der Waals surface area contributed by atoms with Gasteiger partial charge < -0.3 is 0 Å². The van der Waals surface area contributed by atoms with Crippen molar-refractivity contribution in [2.75, 3.05) is 0 Å². The fraction of sp³-hybridized carbons (Fsp3) is 0.444. The van der Waals surface area contributed by atoms with Crippen molar-refractivity contribution in [2.45, 2.75) is 25.7 Å². The van der Waals surface area contributed by atoms with Crippen LogP contribution in [0.1, 0.15) is 25.7 Å². The summed E-state index contributed by atoms with van der Waals surface area (Å²) in [6.07, 6.45) is 7.43. The topological polar surface area (TPSA) is 17.1 Å². The predicted octanol–water partition coefficient (Wildman–Crippen LogP) is 2.24. The van der Waals surface area contributed by atoms with Gasteiger partial charge in [-0.2, -0.15) is 0 Å². The van der Waals surface area contributed by atoms with Gasteiger partial charge in [0.1, 0.15) is 0 Å². The van der Waals surface area contributed by atoms with Crippen LogP contribution in [0.3, 0.4) is 0 Å². The van der Waals surface area contributed by atoms with Crippen LogP contribution < -0.4 is 0 Å². The Morgan fingerprint density at radius 2 is 2.00 bits per heavy atom. The van der Waals surface area contributed by atoms with Gasteiger partial charge in [-0.1, -0.05) is 18.7 Å². The average molecular weight is 136 g/mol. The molecule has 1 saturated carbocycles. The molecule has 0 aliphatic heterocycles. The molecule has 0 saturated heterocycles. The number of allylic oxidation sites excluding steroid dienone is 3. The molecule has 0 bridgehead atoms. The molecule has 1 fully saturated rings. The third-order valence-electron chi connectivity index (χ3n) is 1.78. The number of Topliss-reactive ketones (excluding diaryl/α,β-unsaturated/α-hetero) is 1. The molecule has 0 radical (unpaired) electrons. The monoisotopic (exact) mass is 136 g/mol. The highest BCUT2D eigenvalue weighted by Gasteiger charge is 2.12. The van der Waals surface area contributed by atoms with E-state index in [1.54, 1.807) is 6.08 Å². The van der Waals surface area contributed by atoms with E-state index in [9.17, 15) is 4.79 Å². The highest BCUT2D eigenvalue weighted by atomic mass is 16.1. The first kappa shape index (κ1) is 7.26. The Kier molecular flexibility index (Phi) is 2.43. The summed E-state index contributed by atoms with van der Waals surface area (Å²) in [6, 6.07) is 0. The summed E-state index contributed by atoms with van der Waals surface area (Å²) >= 11 is 0. The number of carbonyl (C=O) groups excluding carboxylic acids is 1. The van der Waals surface area contributed by atoms with Gasteiger partial charge in [-0.3, -0.25) is 4.79 Å². The van der Waals surface area contributed by atoms with Crippen LogP contribution >= 0.6 is 0 Å². The highest BCUT2D eigenvalue weighted by molar-refractivity contribution is 5.96. The molecule has 0 aromatic heterocycles. The largest absolute Gasteiger partial charge is 0.295 e. The molecule has 1 aliphatic rings. The van der Waals surface area contributed by atoms with Gasteiger partial charge in [-0.05, 0) is 24.8 Å². The number of hydrogen-bond donors (Lipinski definition) is 0. The highest BCUT2D eigenvalue weighted by Crippen LogP contribution is 2.19. The van der Waals surface area contributed by atoms with E-state index in [-0.39, 0.29) is 0 Å². The predicted molar refractivity (Wildman–Crippen MR) is 41.8 cm³/mol. The van der Waals surface area contributed by atoms with Gasteiger partial charge in [0.05, 0.1) is 0 Å². The molecule has 1 heteroatoms. The molecule has 10 heavy (non-hydrogen) atoms. The lowest BCUT2D eigenvalue weighted by Gasteiger charge is -2.10. The normalized spacial score (nSPS) is 23.2. The number of hydrogen-bond acceptors (Lipinski definition) is 1. The fourth-order valence-electron chi connectivity index (χ4n) is 1.22. The van der Waals surface area contributed by atoms with Gasteiger partial charge in [0, 0.05) is 6.42 Å². The summed E-state index contributed by atoms with van der Waals surface area (Å²) in [5, 5.41) is 0. The quantitative estimate of drug-likeness (QED) is 0.505. The minimum absolute atomic E-state index is 0.311. The Labute approximate surface area is 61.4 Å². The average Bonchev–Trinajstić information content (AvgIpc) is 1.94. The van der Waals surface area contributed by atoms with Crippen LogP contribution in [0.25, 0.3) is 0 Å². The Hall–Kier alpha value is -0.850. The maximum atomic E-state index is 11.1. The van der Waals surface area contributed by atoms with Crippen molar-refractivity contribution in [1.82, 2.24) is 0 Å². The first-order chi connectivity index (χ1) is 4.84. The van der Waals surface area contributed by atoms with Crippen molar-refractivity contribution in [3.05, 3.63) is 24.3 Å². The summed E-state index contributed by atoms with van der Waals surface area (Å²) in [6.45, 7) is 3.56. The van der Waals surface area contributed by atoms with Crippen molar-refractivity contribution in [1.29, 1.82) is 0 Å². The smallest absolute Gasteiger partial charge is 0.158 e. The van der Waals surface area contributed by atoms with Crippen LogP contribution in [-0.2, 0) is 4.79 Å². The third kappa shape index (κ3) is 1.56. The standard InChI is InChI=1S/C9H12O/c1-2-5-8-6-3-4-7-9(8)10/h2,5H,1,3-4,6-7H2/b8-5+. The molecule has 1 nitrogen and oxygen atoms in total. The zero-order chi connectivity index (χ0) is 7.40. The second-order valence-electron chi connectivity index (χ2n) is 2.56. The molecule has 54 valence electrons. The third-order valence-corrected chi connectivity index (χ3v) is 1.78. The molecule has 1 aliphatic carbocycles. The molecule has 0 heterocycles. The minimum Gasteiger partial charge on any atom is -0.295 e. The maximum Gasteiger partial charge on any atom is 0.158 e. The summed E-state index contributed by atoms with van der Waals surface area (Å²) in [7, 11) is 0. The van der Waals surface area contributed by atoms with Crippen molar-refractivity contribution in [2.24, 2.45) is 0 Å². The van der Waals surface area contributed by atoms with Crippen LogP contribution in [0.4, 0.5) is 0 Å². The van der Waals surface area contributed by atoms with Crippen LogP contribution in [0.15, 0.2) is 24.3 Å². The number of rotatable bonds is 1. The number of ketones is 1. The lowest BCUT2D eigenvalue weighted by Crippen LogP contribution is -2.07. The van der Waals surface area contributed by atoms with E-state index in [2.05, 4.69) is 6.58 Å².